The molecular formula is C35H27Cl2F3N4O7. The second-order valence-corrected chi connectivity index (χ2v) is 13.8. The summed E-state index contributed by atoms with van der Waals surface area (Å²) in [5.41, 5.74) is 0.692. The van der Waals surface area contributed by atoms with Gasteiger partial charge in [-0.3, -0.25) is 34.3 Å². The number of likely N-dealkylation sites (tertiary alicyclic amines) is 1. The van der Waals surface area contributed by atoms with E-state index in [0.29, 0.717) is 33.4 Å². The maximum Gasteiger partial charge on any atom is 0.417 e. The largest absolute Gasteiger partial charge is 0.508 e. The number of phenols is 1. The normalized spacial score (nSPS) is 27.2. The van der Waals surface area contributed by atoms with Gasteiger partial charge in [0.05, 0.1) is 40.2 Å². The lowest BCUT2D eigenvalue weighted by Crippen LogP contribution is -2.53. The highest BCUT2D eigenvalue weighted by molar-refractivity contribution is 6.33. The van der Waals surface area contributed by atoms with E-state index < -0.39 is 93.6 Å². The number of carbonyl (C=O) groups is 5. The van der Waals surface area contributed by atoms with Crippen molar-refractivity contribution in [2.24, 2.45) is 23.7 Å². The van der Waals surface area contributed by atoms with Crippen molar-refractivity contribution < 1.29 is 47.4 Å². The first-order valence-corrected chi connectivity index (χ1v) is 16.6. The van der Waals surface area contributed by atoms with Gasteiger partial charge < -0.3 is 10.2 Å². The molecule has 11 nitrogen and oxygen atoms in total. The lowest BCUT2D eigenvalue weighted by Gasteiger charge is -2.50. The van der Waals surface area contributed by atoms with Crippen LogP contribution in [0.3, 0.4) is 0 Å². The van der Waals surface area contributed by atoms with Crippen LogP contribution in [0.4, 0.5) is 19.0 Å². The Balaban J connectivity index is 1.41. The van der Waals surface area contributed by atoms with Crippen molar-refractivity contribution in [1.29, 1.82) is 0 Å². The summed E-state index contributed by atoms with van der Waals surface area (Å²) in [4.78, 5) is 73.1. The van der Waals surface area contributed by atoms with E-state index >= 15 is 4.79 Å². The van der Waals surface area contributed by atoms with E-state index in [9.17, 15) is 42.6 Å². The minimum atomic E-state index is -4.77. The average molecular weight is 744 g/mol. The van der Waals surface area contributed by atoms with Crippen molar-refractivity contribution in [3.8, 4) is 5.75 Å². The van der Waals surface area contributed by atoms with Crippen LogP contribution in [0.1, 0.15) is 41.9 Å². The summed E-state index contributed by atoms with van der Waals surface area (Å²) in [5.74, 6) is -9.56. The molecule has 2 saturated heterocycles. The van der Waals surface area contributed by atoms with Crippen LogP contribution in [0.25, 0.3) is 0 Å². The number of hydrogen-bond acceptors (Lipinski definition) is 8. The monoisotopic (exact) mass is 742 g/mol. The third-order valence-electron chi connectivity index (χ3n) is 10.4. The van der Waals surface area contributed by atoms with E-state index in [2.05, 4.69) is 10.4 Å². The first-order valence-electron chi connectivity index (χ1n) is 15.8. The Hall–Kier alpha value is -4.95. The highest BCUT2D eigenvalue weighted by Gasteiger charge is 2.70. The van der Waals surface area contributed by atoms with Crippen LogP contribution < -0.4 is 5.43 Å². The molecule has 3 fully saturated rings. The number of imide groups is 2. The number of hydrogen-bond donors (Lipinski definition) is 3. The molecule has 2 aliphatic heterocycles. The maximum atomic E-state index is 15.1. The predicted octanol–water partition coefficient (Wildman–Crippen LogP) is 5.57. The molecule has 4 aliphatic rings. The van der Waals surface area contributed by atoms with E-state index in [0.717, 1.165) is 4.90 Å². The number of anilines is 1. The molecule has 3 aromatic rings. The number of nitrogens with one attached hydrogen (secondary N) is 1. The summed E-state index contributed by atoms with van der Waals surface area (Å²) in [6.45, 7) is -0.334. The Morgan fingerprint density at radius 1 is 1.00 bits per heavy atom. The Morgan fingerprint density at radius 3 is 2.35 bits per heavy atom. The summed E-state index contributed by atoms with van der Waals surface area (Å²) in [5, 5.41) is 21.0. The third kappa shape index (κ3) is 5.34. The molecule has 1 saturated carbocycles. The van der Waals surface area contributed by atoms with Crippen LogP contribution in [-0.4, -0.2) is 61.2 Å². The molecule has 3 N–H and O–H groups in total. The number of fused-ring (bicyclic) bond motifs is 4. The second kappa shape index (κ2) is 12.4. The standard InChI is InChI=1S/C35H27Cl2F3N4O7/c36-18-7-5-16(6-8-18)34-23(31(49)44(33(34)51)42-29-24(37)13-17(15-41-29)35(38,39)40)14-22-19(28(34)20-3-1-2-4-25(20)45)9-10-21-27(22)32(50)43(30(21)48)12-11-26(46)47/h1-9,13,15,21-23,27-28,45H,10-12,14H2,(H,41,42)(H,46,47). The molecule has 6 atom stereocenters. The van der Waals surface area contributed by atoms with Gasteiger partial charge in [0.2, 0.25) is 11.8 Å². The minimum absolute atomic E-state index is 0.0747. The molecule has 4 amide bonds. The van der Waals surface area contributed by atoms with Gasteiger partial charge in [-0.05, 0) is 48.6 Å². The van der Waals surface area contributed by atoms with Crippen molar-refractivity contribution in [3.05, 3.63) is 99.2 Å². The predicted molar refractivity (Wildman–Crippen MR) is 174 cm³/mol. The lowest BCUT2D eigenvalue weighted by atomic mass is 9.49. The number of alkyl halides is 3. The van der Waals surface area contributed by atoms with Crippen LogP contribution in [0.15, 0.2) is 72.4 Å². The zero-order valence-corrected chi connectivity index (χ0v) is 27.7. The van der Waals surface area contributed by atoms with E-state index in [-0.39, 0.29) is 30.7 Å². The summed E-state index contributed by atoms with van der Waals surface area (Å²) < 4.78 is 40.1. The summed E-state index contributed by atoms with van der Waals surface area (Å²) in [6, 6.07) is 13.0. The number of para-hydroxylation sites is 1. The number of carboxylic acid groups (broad SMARTS) is 1. The van der Waals surface area contributed by atoms with Crippen molar-refractivity contribution in [3.63, 3.8) is 0 Å². The lowest BCUT2D eigenvalue weighted by molar-refractivity contribution is -0.143. The van der Waals surface area contributed by atoms with Crippen molar-refractivity contribution in [2.45, 2.75) is 36.8 Å². The number of halogens is 5. The SMILES string of the molecule is O=C(O)CCN1C(=O)C2CC=C3C(CC4C(=O)N(Nc5ncc(C(F)(F)F)cc5Cl)C(=O)C4(c4ccc(Cl)cc4)C3c3ccccc3O)C2C1=O. The number of allylic oxidation sites excluding steroid dienone is 2. The number of phenolic OH excluding ortho intramolecular Hbond substituents is 1. The topological polar surface area (TPSA) is 157 Å². The number of rotatable bonds is 7. The van der Waals surface area contributed by atoms with Crippen LogP contribution in [0.2, 0.25) is 10.0 Å². The summed E-state index contributed by atoms with van der Waals surface area (Å²) in [6.07, 6.45) is -3.01. The number of nitrogens with zero attached hydrogens (tertiary/aromatic N) is 3. The first kappa shape index (κ1) is 34.5. The van der Waals surface area contributed by atoms with Gasteiger partial charge in [0.1, 0.15) is 5.75 Å². The second-order valence-electron chi connectivity index (χ2n) is 12.9. The highest BCUT2D eigenvalue weighted by Crippen LogP contribution is 2.65. The number of aliphatic carboxylic acids is 1. The molecule has 0 bridgehead atoms. The van der Waals surface area contributed by atoms with Crippen LogP contribution >= 0.6 is 23.2 Å². The van der Waals surface area contributed by atoms with E-state index in [1.807, 2.05) is 0 Å². The number of aromatic nitrogens is 1. The quantitative estimate of drug-likeness (QED) is 0.208. The van der Waals surface area contributed by atoms with Crippen LogP contribution in [-0.2, 0) is 35.6 Å². The molecule has 1 aromatic heterocycles. The first-order chi connectivity index (χ1) is 24.2. The molecule has 0 spiro atoms. The van der Waals surface area contributed by atoms with Crippen molar-refractivity contribution >= 4 is 58.6 Å². The Morgan fingerprint density at radius 2 is 1.71 bits per heavy atom. The fraction of sp³-hybridized carbons (Fsp3) is 0.314. The zero-order valence-electron chi connectivity index (χ0n) is 26.2. The molecule has 2 aliphatic carbocycles. The molecule has 7 rings (SSSR count). The fourth-order valence-corrected chi connectivity index (χ4v) is 8.69. The Bertz CT molecular complexity index is 2040. The summed E-state index contributed by atoms with van der Waals surface area (Å²) in [7, 11) is 0. The van der Waals surface area contributed by atoms with E-state index in [1.165, 1.54) is 18.2 Å². The van der Waals surface area contributed by atoms with Gasteiger partial charge in [-0.25, -0.2) is 4.98 Å². The van der Waals surface area contributed by atoms with Crippen molar-refractivity contribution in [2.75, 3.05) is 12.0 Å². The average Bonchev–Trinajstić information content (AvgIpc) is 3.45. The molecule has 6 unspecified atom stereocenters. The number of hydrazine groups is 1. The maximum absolute atomic E-state index is 15.1. The van der Waals surface area contributed by atoms with Gasteiger partial charge >= 0.3 is 12.1 Å². The van der Waals surface area contributed by atoms with Crippen LogP contribution in [0, 0.1) is 23.7 Å². The molecule has 16 heteroatoms. The van der Waals surface area contributed by atoms with Gasteiger partial charge in [-0.1, -0.05) is 65.2 Å². The molecule has 3 heterocycles. The van der Waals surface area contributed by atoms with Gasteiger partial charge in [0, 0.05) is 29.2 Å². The third-order valence-corrected chi connectivity index (χ3v) is 11.0. The van der Waals surface area contributed by atoms with Gasteiger partial charge in [-0.15, -0.1) is 0 Å². The molecule has 2 aromatic carbocycles. The minimum Gasteiger partial charge on any atom is -0.508 e. The smallest absolute Gasteiger partial charge is 0.417 e. The van der Waals surface area contributed by atoms with Crippen molar-refractivity contribution in [1.82, 2.24) is 14.9 Å². The molecule has 0 radical (unpaired) electrons. The molecule has 264 valence electrons. The van der Waals surface area contributed by atoms with E-state index in [4.69, 9.17) is 23.2 Å². The van der Waals surface area contributed by atoms with E-state index in [1.54, 1.807) is 36.4 Å². The number of aromatic hydroxyl groups is 1. The Kier molecular flexibility index (Phi) is 8.37. The number of benzene rings is 2. The number of amides is 4. The number of carboxylic acids is 1. The Labute approximate surface area is 297 Å². The number of carbonyl (C=O) groups excluding carboxylic acids is 4. The fourth-order valence-electron chi connectivity index (χ4n) is 8.35. The molecular weight excluding hydrogens is 716 g/mol. The van der Waals surface area contributed by atoms with Gasteiger partial charge in [0.15, 0.2) is 5.82 Å². The van der Waals surface area contributed by atoms with Crippen LogP contribution in [0.5, 0.6) is 5.75 Å². The number of pyridine rings is 1. The summed E-state index contributed by atoms with van der Waals surface area (Å²) >= 11 is 12.4. The zero-order chi connectivity index (χ0) is 36.6. The van der Waals surface area contributed by atoms with Gasteiger partial charge in [-0.2, -0.15) is 18.2 Å². The molecule has 51 heavy (non-hydrogen) atoms. The van der Waals surface area contributed by atoms with Gasteiger partial charge in [0.25, 0.3) is 11.8 Å². The highest BCUT2D eigenvalue weighted by atomic mass is 35.5.